The number of aliphatic hydroxyl groups excluding tert-OH is 1. The van der Waals surface area contributed by atoms with Crippen LogP contribution in [-0.2, 0) is 19.4 Å². The van der Waals surface area contributed by atoms with E-state index in [1.54, 1.807) is 0 Å². The van der Waals surface area contributed by atoms with Crippen LogP contribution in [0.15, 0.2) is 4.99 Å². The van der Waals surface area contributed by atoms with Gasteiger partial charge in [-0.05, 0) is 57.3 Å². The number of hydrogen-bond acceptors (Lipinski definition) is 4. The molecule has 27 heavy (non-hydrogen) atoms. The molecular formula is C20H37IN4OS. The van der Waals surface area contributed by atoms with Gasteiger partial charge in [0.1, 0.15) is 5.01 Å². The van der Waals surface area contributed by atoms with Crippen molar-refractivity contribution in [2.24, 2.45) is 10.4 Å². The zero-order valence-corrected chi connectivity index (χ0v) is 20.5. The van der Waals surface area contributed by atoms with Crippen LogP contribution in [0.3, 0.4) is 0 Å². The van der Waals surface area contributed by atoms with Gasteiger partial charge in [-0.25, -0.2) is 4.98 Å². The molecule has 0 fully saturated rings. The maximum Gasteiger partial charge on any atom is 0.194 e. The molecule has 0 amide bonds. The fraction of sp³-hybridized carbons (Fsp3) is 0.800. The van der Waals surface area contributed by atoms with Crippen LogP contribution in [0, 0.1) is 5.41 Å². The van der Waals surface area contributed by atoms with Gasteiger partial charge in [-0.2, -0.15) is 0 Å². The minimum atomic E-state index is 0. The van der Waals surface area contributed by atoms with Gasteiger partial charge in [-0.15, -0.1) is 35.3 Å². The maximum absolute atomic E-state index is 9.44. The number of halogens is 1. The van der Waals surface area contributed by atoms with E-state index in [2.05, 4.69) is 38.0 Å². The van der Waals surface area contributed by atoms with E-state index in [-0.39, 0.29) is 36.0 Å². The molecule has 5 nitrogen and oxygen atoms in total. The van der Waals surface area contributed by atoms with Gasteiger partial charge in [0.05, 0.1) is 12.2 Å². The van der Waals surface area contributed by atoms with E-state index in [0.717, 1.165) is 51.3 Å². The molecule has 0 aromatic carbocycles. The number of fused-ring (bicyclic) bond motifs is 1. The zero-order chi connectivity index (χ0) is 19.0. The van der Waals surface area contributed by atoms with Gasteiger partial charge in [0, 0.05) is 31.6 Å². The second kappa shape index (κ2) is 12.2. The molecule has 0 bridgehead atoms. The number of aryl methyl sites for hydroxylation is 2. The second-order valence-electron chi connectivity index (χ2n) is 7.39. The van der Waals surface area contributed by atoms with Crippen molar-refractivity contribution in [3.63, 3.8) is 0 Å². The van der Waals surface area contributed by atoms with Crippen molar-refractivity contribution < 1.29 is 5.11 Å². The second-order valence-corrected chi connectivity index (χ2v) is 8.56. The Morgan fingerprint density at radius 1 is 1.26 bits per heavy atom. The first-order valence-electron chi connectivity index (χ1n) is 10.1. The van der Waals surface area contributed by atoms with Crippen LogP contribution in [0.2, 0.25) is 0 Å². The Balaban J connectivity index is 0.00000364. The number of aliphatic imine (C=N–C) groups is 1. The van der Waals surface area contributed by atoms with Crippen molar-refractivity contribution in [2.45, 2.75) is 72.3 Å². The first-order chi connectivity index (χ1) is 12.6. The van der Waals surface area contributed by atoms with Crippen LogP contribution in [0.5, 0.6) is 0 Å². The average molecular weight is 509 g/mol. The Kier molecular flexibility index (Phi) is 11.1. The molecule has 1 aromatic rings. The molecule has 1 aliphatic carbocycles. The standard InChI is InChI=1S/C20H36N4OS.HI/c1-5-20(6-2,12-13-25)15-22-19(21-7-3)24(4)14-18-23-16-10-8-9-11-17(16)26-18;/h25H,5-15H2,1-4H3,(H,21,22);1H. The van der Waals surface area contributed by atoms with Gasteiger partial charge in [0.2, 0.25) is 0 Å². The van der Waals surface area contributed by atoms with Crippen molar-refractivity contribution in [3.8, 4) is 0 Å². The molecule has 0 radical (unpaired) electrons. The molecule has 0 saturated heterocycles. The molecular weight excluding hydrogens is 471 g/mol. The van der Waals surface area contributed by atoms with Gasteiger partial charge in [0.25, 0.3) is 0 Å². The minimum absolute atomic E-state index is 0. The van der Waals surface area contributed by atoms with Gasteiger partial charge >= 0.3 is 0 Å². The summed E-state index contributed by atoms with van der Waals surface area (Å²) in [6, 6.07) is 0. The summed E-state index contributed by atoms with van der Waals surface area (Å²) in [6.07, 6.45) is 7.80. The van der Waals surface area contributed by atoms with E-state index >= 15 is 0 Å². The van der Waals surface area contributed by atoms with Crippen molar-refractivity contribution in [2.75, 3.05) is 26.7 Å². The number of hydrogen-bond donors (Lipinski definition) is 2. The highest BCUT2D eigenvalue weighted by molar-refractivity contribution is 14.0. The van der Waals surface area contributed by atoms with Crippen molar-refractivity contribution in [3.05, 3.63) is 15.6 Å². The number of nitrogens with zero attached hydrogens (tertiary/aromatic N) is 3. The SMILES string of the molecule is CCNC(=NCC(CC)(CC)CCO)N(C)Cc1nc2c(s1)CCCC2.I. The molecule has 0 unspecified atom stereocenters. The number of nitrogens with one attached hydrogen (secondary N) is 1. The van der Waals surface area contributed by atoms with Crippen LogP contribution in [0.25, 0.3) is 0 Å². The van der Waals surface area contributed by atoms with Crippen LogP contribution in [-0.4, -0.2) is 47.7 Å². The van der Waals surface area contributed by atoms with Gasteiger partial charge in [-0.3, -0.25) is 4.99 Å². The summed E-state index contributed by atoms with van der Waals surface area (Å²) in [6.45, 7) is 9.14. The molecule has 0 saturated carbocycles. The van der Waals surface area contributed by atoms with Gasteiger partial charge in [0.15, 0.2) is 5.96 Å². The molecule has 7 heteroatoms. The largest absolute Gasteiger partial charge is 0.396 e. The monoisotopic (exact) mass is 508 g/mol. The summed E-state index contributed by atoms with van der Waals surface area (Å²) in [5, 5.41) is 14.0. The fourth-order valence-corrected chi connectivity index (χ4v) is 4.82. The molecule has 1 aliphatic rings. The van der Waals surface area contributed by atoms with Crippen LogP contribution >= 0.6 is 35.3 Å². The summed E-state index contributed by atoms with van der Waals surface area (Å²) in [5.41, 5.74) is 1.42. The fourth-order valence-electron chi connectivity index (χ4n) is 3.61. The summed E-state index contributed by atoms with van der Waals surface area (Å²) < 4.78 is 0. The van der Waals surface area contributed by atoms with Gasteiger partial charge in [-0.1, -0.05) is 13.8 Å². The average Bonchev–Trinajstić information content (AvgIpc) is 3.06. The third-order valence-corrected chi connectivity index (χ3v) is 6.81. The molecule has 1 heterocycles. The Hall–Kier alpha value is -0.410. The molecule has 0 aliphatic heterocycles. The Bertz CT molecular complexity index is 563. The van der Waals surface area contributed by atoms with E-state index in [1.165, 1.54) is 34.8 Å². The summed E-state index contributed by atoms with van der Waals surface area (Å²) in [5.74, 6) is 0.935. The summed E-state index contributed by atoms with van der Waals surface area (Å²) in [4.78, 5) is 13.5. The number of rotatable bonds is 9. The molecule has 0 spiro atoms. The summed E-state index contributed by atoms with van der Waals surface area (Å²) >= 11 is 1.87. The topological polar surface area (TPSA) is 60.8 Å². The molecule has 2 rings (SSSR count). The summed E-state index contributed by atoms with van der Waals surface area (Å²) in [7, 11) is 2.09. The van der Waals surface area contributed by atoms with E-state index < -0.39 is 0 Å². The molecule has 2 N–H and O–H groups in total. The van der Waals surface area contributed by atoms with Crippen molar-refractivity contribution in [1.29, 1.82) is 0 Å². The van der Waals surface area contributed by atoms with Crippen LogP contribution in [0.4, 0.5) is 0 Å². The highest BCUT2D eigenvalue weighted by atomic mass is 127. The smallest absolute Gasteiger partial charge is 0.194 e. The van der Waals surface area contributed by atoms with Crippen molar-refractivity contribution >= 4 is 41.3 Å². The highest BCUT2D eigenvalue weighted by Gasteiger charge is 2.26. The minimum Gasteiger partial charge on any atom is -0.396 e. The maximum atomic E-state index is 9.44. The first-order valence-corrected chi connectivity index (χ1v) is 11.0. The Morgan fingerprint density at radius 3 is 2.56 bits per heavy atom. The van der Waals surface area contributed by atoms with E-state index in [4.69, 9.17) is 9.98 Å². The van der Waals surface area contributed by atoms with Crippen molar-refractivity contribution in [1.82, 2.24) is 15.2 Å². The Morgan fingerprint density at radius 2 is 1.96 bits per heavy atom. The molecule has 156 valence electrons. The van der Waals surface area contributed by atoms with E-state index in [1.807, 2.05) is 11.3 Å². The number of guanidine groups is 1. The first kappa shape index (κ1) is 24.6. The molecule has 1 aromatic heterocycles. The lowest BCUT2D eigenvalue weighted by molar-refractivity contribution is 0.175. The lowest BCUT2D eigenvalue weighted by Crippen LogP contribution is -2.39. The number of aromatic nitrogens is 1. The van der Waals surface area contributed by atoms with Crippen LogP contribution in [0.1, 0.15) is 68.5 Å². The predicted octanol–water partition coefficient (Wildman–Crippen LogP) is 4.23. The molecule has 0 atom stereocenters. The predicted molar refractivity (Wildman–Crippen MR) is 126 cm³/mol. The zero-order valence-electron chi connectivity index (χ0n) is 17.4. The third-order valence-electron chi connectivity index (χ3n) is 5.67. The van der Waals surface area contributed by atoms with E-state index in [9.17, 15) is 5.11 Å². The normalized spacial score (nSPS) is 14.5. The van der Waals surface area contributed by atoms with Crippen LogP contribution < -0.4 is 5.32 Å². The lowest BCUT2D eigenvalue weighted by atomic mass is 9.79. The highest BCUT2D eigenvalue weighted by Crippen LogP contribution is 2.31. The van der Waals surface area contributed by atoms with E-state index in [0.29, 0.717) is 0 Å². The lowest BCUT2D eigenvalue weighted by Gasteiger charge is -2.30. The Labute approximate surface area is 186 Å². The van der Waals surface area contributed by atoms with Gasteiger partial charge < -0.3 is 15.3 Å². The third kappa shape index (κ3) is 6.85. The number of thiazole rings is 1. The number of aliphatic hydroxyl groups is 1. The quantitative estimate of drug-likeness (QED) is 0.298.